The molecule has 3 rings (SSSR count). The van der Waals surface area contributed by atoms with E-state index in [-0.39, 0.29) is 11.7 Å². The van der Waals surface area contributed by atoms with Crippen molar-refractivity contribution in [2.24, 2.45) is 0 Å². The van der Waals surface area contributed by atoms with Gasteiger partial charge in [-0.1, -0.05) is 12.1 Å². The SMILES string of the molecule is Cc1cc2nc(C(=O)NCc3ccc(F)cc3)cc(C)n2n1. The average molecular weight is 298 g/mol. The van der Waals surface area contributed by atoms with Gasteiger partial charge in [0, 0.05) is 18.3 Å². The zero-order chi connectivity index (χ0) is 15.7. The molecule has 1 N–H and O–H groups in total. The molecule has 0 aliphatic carbocycles. The molecule has 0 saturated carbocycles. The fraction of sp³-hybridized carbons (Fsp3) is 0.188. The van der Waals surface area contributed by atoms with Gasteiger partial charge in [-0.25, -0.2) is 13.9 Å². The van der Waals surface area contributed by atoms with Crippen LogP contribution in [-0.4, -0.2) is 20.5 Å². The Morgan fingerprint density at radius 2 is 1.95 bits per heavy atom. The van der Waals surface area contributed by atoms with E-state index in [0.29, 0.717) is 17.9 Å². The number of nitrogens with zero attached hydrogens (tertiary/aromatic N) is 3. The fourth-order valence-electron chi connectivity index (χ4n) is 2.23. The number of hydrogen-bond acceptors (Lipinski definition) is 3. The second-order valence-corrected chi connectivity index (χ2v) is 5.15. The second-order valence-electron chi connectivity index (χ2n) is 5.15. The van der Waals surface area contributed by atoms with Crippen LogP contribution in [0.1, 0.15) is 27.4 Å². The molecule has 0 unspecified atom stereocenters. The summed E-state index contributed by atoms with van der Waals surface area (Å²) in [6.45, 7) is 4.07. The molecule has 2 aromatic heterocycles. The number of rotatable bonds is 3. The lowest BCUT2D eigenvalue weighted by Crippen LogP contribution is -2.24. The van der Waals surface area contributed by atoms with Crippen molar-refractivity contribution in [3.63, 3.8) is 0 Å². The number of halogens is 1. The summed E-state index contributed by atoms with van der Waals surface area (Å²) in [4.78, 5) is 16.5. The quantitative estimate of drug-likeness (QED) is 0.808. The average Bonchev–Trinajstić information content (AvgIpc) is 2.87. The van der Waals surface area contributed by atoms with Crippen LogP contribution in [0.25, 0.3) is 5.65 Å². The molecule has 1 amide bonds. The normalized spacial score (nSPS) is 10.9. The number of carbonyl (C=O) groups is 1. The van der Waals surface area contributed by atoms with Gasteiger partial charge in [-0.2, -0.15) is 5.10 Å². The first-order valence-electron chi connectivity index (χ1n) is 6.89. The Kier molecular flexibility index (Phi) is 3.58. The van der Waals surface area contributed by atoms with Crippen LogP contribution in [0.2, 0.25) is 0 Å². The minimum Gasteiger partial charge on any atom is -0.347 e. The van der Waals surface area contributed by atoms with Crippen LogP contribution in [0.5, 0.6) is 0 Å². The highest BCUT2D eigenvalue weighted by molar-refractivity contribution is 5.92. The molecule has 5 nitrogen and oxygen atoms in total. The maximum Gasteiger partial charge on any atom is 0.270 e. The molecule has 0 atom stereocenters. The Morgan fingerprint density at radius 1 is 1.23 bits per heavy atom. The van der Waals surface area contributed by atoms with E-state index in [1.807, 2.05) is 19.9 Å². The molecule has 0 saturated heterocycles. The Labute approximate surface area is 126 Å². The summed E-state index contributed by atoms with van der Waals surface area (Å²) in [6, 6.07) is 9.52. The van der Waals surface area contributed by atoms with Crippen molar-refractivity contribution in [2.75, 3.05) is 0 Å². The molecule has 0 aliphatic rings. The van der Waals surface area contributed by atoms with Crippen molar-refractivity contribution in [3.8, 4) is 0 Å². The molecule has 0 radical (unpaired) electrons. The Hall–Kier alpha value is -2.76. The third kappa shape index (κ3) is 2.81. The zero-order valence-electron chi connectivity index (χ0n) is 12.3. The number of benzene rings is 1. The Morgan fingerprint density at radius 3 is 2.68 bits per heavy atom. The molecule has 6 heteroatoms. The lowest BCUT2D eigenvalue weighted by atomic mass is 10.2. The zero-order valence-corrected chi connectivity index (χ0v) is 12.3. The standard InChI is InChI=1S/C16H15FN4O/c1-10-7-15-19-14(8-11(2)21(15)20-10)16(22)18-9-12-3-5-13(17)6-4-12/h3-8H,9H2,1-2H3,(H,18,22). The number of amides is 1. The topological polar surface area (TPSA) is 59.3 Å². The summed E-state index contributed by atoms with van der Waals surface area (Å²) < 4.78 is 14.5. The van der Waals surface area contributed by atoms with Crippen LogP contribution in [0.4, 0.5) is 4.39 Å². The van der Waals surface area contributed by atoms with Crippen molar-refractivity contribution in [1.29, 1.82) is 0 Å². The van der Waals surface area contributed by atoms with Gasteiger partial charge in [0.05, 0.1) is 5.69 Å². The van der Waals surface area contributed by atoms with Crippen LogP contribution >= 0.6 is 0 Å². The highest BCUT2D eigenvalue weighted by Gasteiger charge is 2.11. The van der Waals surface area contributed by atoms with E-state index in [0.717, 1.165) is 17.0 Å². The number of hydrogen-bond donors (Lipinski definition) is 1. The highest BCUT2D eigenvalue weighted by atomic mass is 19.1. The van der Waals surface area contributed by atoms with Gasteiger partial charge in [0.1, 0.15) is 11.5 Å². The monoisotopic (exact) mass is 298 g/mol. The minimum atomic E-state index is -0.297. The first-order valence-corrected chi connectivity index (χ1v) is 6.89. The van der Waals surface area contributed by atoms with Crippen molar-refractivity contribution >= 4 is 11.6 Å². The second kappa shape index (κ2) is 5.55. The summed E-state index contributed by atoms with van der Waals surface area (Å²) in [5.41, 5.74) is 3.49. The smallest absolute Gasteiger partial charge is 0.270 e. The fourth-order valence-corrected chi connectivity index (χ4v) is 2.23. The molecule has 22 heavy (non-hydrogen) atoms. The van der Waals surface area contributed by atoms with Gasteiger partial charge in [-0.05, 0) is 37.6 Å². The predicted octanol–water partition coefficient (Wildman–Crippen LogP) is 2.42. The molecule has 0 spiro atoms. The number of aryl methyl sites for hydroxylation is 2. The first kappa shape index (κ1) is 14.2. The molecular formula is C16H15FN4O. The number of carbonyl (C=O) groups excluding carboxylic acids is 1. The first-order chi connectivity index (χ1) is 10.5. The van der Waals surface area contributed by atoms with E-state index in [1.165, 1.54) is 12.1 Å². The molecule has 0 fully saturated rings. The minimum absolute atomic E-state index is 0.270. The van der Waals surface area contributed by atoms with Gasteiger partial charge in [-0.15, -0.1) is 0 Å². The van der Waals surface area contributed by atoms with Crippen LogP contribution in [-0.2, 0) is 6.54 Å². The number of fused-ring (bicyclic) bond motifs is 1. The number of aromatic nitrogens is 3. The summed E-state index contributed by atoms with van der Waals surface area (Å²) in [5.74, 6) is -0.567. The molecule has 1 aromatic carbocycles. The van der Waals surface area contributed by atoms with E-state index in [1.54, 1.807) is 22.7 Å². The molecular weight excluding hydrogens is 283 g/mol. The van der Waals surface area contributed by atoms with Crippen molar-refractivity contribution in [2.45, 2.75) is 20.4 Å². The Bertz CT molecular complexity index is 839. The summed E-state index contributed by atoms with van der Waals surface area (Å²) in [6.07, 6.45) is 0. The molecule has 3 aromatic rings. The van der Waals surface area contributed by atoms with E-state index in [9.17, 15) is 9.18 Å². The molecule has 2 heterocycles. The van der Waals surface area contributed by atoms with Gasteiger partial charge < -0.3 is 5.32 Å². The summed E-state index contributed by atoms with van der Waals surface area (Å²) in [7, 11) is 0. The lowest BCUT2D eigenvalue weighted by molar-refractivity contribution is 0.0946. The van der Waals surface area contributed by atoms with E-state index in [2.05, 4.69) is 15.4 Å². The van der Waals surface area contributed by atoms with Crippen molar-refractivity contribution in [1.82, 2.24) is 19.9 Å². The van der Waals surface area contributed by atoms with Gasteiger partial charge in [0.25, 0.3) is 5.91 Å². The van der Waals surface area contributed by atoms with E-state index < -0.39 is 0 Å². The third-order valence-corrected chi connectivity index (χ3v) is 3.33. The third-order valence-electron chi connectivity index (χ3n) is 3.33. The Balaban J connectivity index is 1.78. The van der Waals surface area contributed by atoms with E-state index >= 15 is 0 Å². The molecule has 0 aliphatic heterocycles. The van der Waals surface area contributed by atoms with Crippen LogP contribution in [0.15, 0.2) is 36.4 Å². The molecule has 0 bridgehead atoms. The van der Waals surface area contributed by atoms with Crippen molar-refractivity contribution in [3.05, 3.63) is 64.9 Å². The highest BCUT2D eigenvalue weighted by Crippen LogP contribution is 2.09. The van der Waals surface area contributed by atoms with Crippen molar-refractivity contribution < 1.29 is 9.18 Å². The van der Waals surface area contributed by atoms with Gasteiger partial charge >= 0.3 is 0 Å². The number of nitrogens with one attached hydrogen (secondary N) is 1. The van der Waals surface area contributed by atoms with Crippen LogP contribution < -0.4 is 5.32 Å². The largest absolute Gasteiger partial charge is 0.347 e. The maximum atomic E-state index is 12.8. The van der Waals surface area contributed by atoms with Gasteiger partial charge in [-0.3, -0.25) is 4.79 Å². The van der Waals surface area contributed by atoms with Crippen LogP contribution in [0, 0.1) is 19.7 Å². The maximum absolute atomic E-state index is 12.8. The van der Waals surface area contributed by atoms with Crippen LogP contribution in [0.3, 0.4) is 0 Å². The summed E-state index contributed by atoms with van der Waals surface area (Å²) in [5, 5.41) is 7.08. The lowest BCUT2D eigenvalue weighted by Gasteiger charge is -2.06. The van der Waals surface area contributed by atoms with Gasteiger partial charge in [0.2, 0.25) is 0 Å². The predicted molar refractivity (Wildman–Crippen MR) is 80.0 cm³/mol. The summed E-state index contributed by atoms with van der Waals surface area (Å²) >= 11 is 0. The molecule has 112 valence electrons. The van der Waals surface area contributed by atoms with E-state index in [4.69, 9.17) is 0 Å². The van der Waals surface area contributed by atoms with Gasteiger partial charge in [0.15, 0.2) is 5.65 Å².